The molecule has 6 heteroatoms. The summed E-state index contributed by atoms with van der Waals surface area (Å²) in [7, 11) is 0. The summed E-state index contributed by atoms with van der Waals surface area (Å²) >= 11 is 6.08. The van der Waals surface area contributed by atoms with E-state index in [0.717, 1.165) is 11.3 Å². The number of hydrogen-bond donors (Lipinski definition) is 1. The molecule has 2 rings (SSSR count). The summed E-state index contributed by atoms with van der Waals surface area (Å²) in [6.07, 6.45) is 0.362. The Hall–Kier alpha value is -2.53. The second-order valence-corrected chi connectivity index (χ2v) is 6.22. The van der Waals surface area contributed by atoms with Crippen molar-refractivity contribution < 1.29 is 9.63 Å². The number of rotatable bonds is 7. The summed E-state index contributed by atoms with van der Waals surface area (Å²) in [6.45, 7) is 3.70. The Labute approximate surface area is 153 Å². The predicted octanol–water partition coefficient (Wildman–Crippen LogP) is 3.61. The monoisotopic (exact) mass is 359 g/mol. The van der Waals surface area contributed by atoms with Crippen molar-refractivity contribution >= 4 is 29.0 Å². The fourth-order valence-corrected chi connectivity index (χ4v) is 2.63. The number of amidine groups is 1. The molecule has 0 aromatic heterocycles. The molecule has 2 aromatic carbocycles. The van der Waals surface area contributed by atoms with Gasteiger partial charge >= 0.3 is 0 Å². The van der Waals surface area contributed by atoms with Crippen LogP contribution in [0.2, 0.25) is 5.02 Å². The van der Waals surface area contributed by atoms with Crippen LogP contribution >= 0.6 is 11.6 Å². The number of nitrogens with two attached hydrogens (primary N) is 1. The third kappa shape index (κ3) is 5.50. The van der Waals surface area contributed by atoms with E-state index in [4.69, 9.17) is 22.2 Å². The number of benzene rings is 2. The van der Waals surface area contributed by atoms with E-state index in [0.29, 0.717) is 11.4 Å². The fraction of sp³-hybridized carbons (Fsp3) is 0.263. The van der Waals surface area contributed by atoms with Crippen LogP contribution in [0.4, 0.5) is 5.69 Å². The number of anilines is 1. The summed E-state index contributed by atoms with van der Waals surface area (Å²) in [5.41, 5.74) is 7.52. The molecule has 0 radical (unpaired) electrons. The van der Waals surface area contributed by atoms with Gasteiger partial charge in [0.05, 0.1) is 0 Å². The number of carbonyl (C=O) groups is 1. The first-order valence-electron chi connectivity index (χ1n) is 8.04. The largest absolute Gasteiger partial charge is 0.384 e. The maximum absolute atomic E-state index is 12.4. The molecule has 0 bridgehead atoms. The normalized spacial score (nSPS) is 11.4. The van der Waals surface area contributed by atoms with Gasteiger partial charge in [-0.2, -0.15) is 0 Å². The molecule has 132 valence electrons. The zero-order chi connectivity index (χ0) is 18.2. The Kier molecular flexibility index (Phi) is 6.83. The molecular weight excluding hydrogens is 338 g/mol. The third-order valence-corrected chi connectivity index (χ3v) is 3.89. The van der Waals surface area contributed by atoms with Gasteiger partial charge in [-0.15, -0.1) is 0 Å². The van der Waals surface area contributed by atoms with Gasteiger partial charge in [0, 0.05) is 23.2 Å². The molecule has 0 fully saturated rings. The Morgan fingerprint density at radius 1 is 1.16 bits per heavy atom. The summed E-state index contributed by atoms with van der Waals surface area (Å²) in [5, 5.41) is 4.44. The molecule has 0 atom stereocenters. The van der Waals surface area contributed by atoms with E-state index in [1.54, 1.807) is 11.0 Å². The summed E-state index contributed by atoms with van der Waals surface area (Å²) in [6, 6.07) is 16.8. The lowest BCUT2D eigenvalue weighted by atomic mass is 10.1. The second-order valence-electron chi connectivity index (χ2n) is 5.82. The maximum atomic E-state index is 12.4. The van der Waals surface area contributed by atoms with Gasteiger partial charge in [-0.1, -0.05) is 53.2 Å². The Bertz CT molecular complexity index is 732. The van der Waals surface area contributed by atoms with E-state index in [9.17, 15) is 4.79 Å². The average Bonchev–Trinajstić information content (AvgIpc) is 2.58. The molecule has 1 amide bonds. The van der Waals surface area contributed by atoms with E-state index in [1.807, 2.05) is 62.4 Å². The molecule has 0 saturated carbocycles. The SMILES string of the molecule is CC(C)N(C(=O)CO/N=C(/N)Cc1ccccc1Cl)c1ccccc1. The summed E-state index contributed by atoms with van der Waals surface area (Å²) in [5.74, 6) is 0.0761. The van der Waals surface area contributed by atoms with Crippen LogP contribution in [-0.2, 0) is 16.1 Å². The molecule has 2 N–H and O–H groups in total. The highest BCUT2D eigenvalue weighted by molar-refractivity contribution is 6.31. The topological polar surface area (TPSA) is 67.9 Å². The van der Waals surface area contributed by atoms with Crippen molar-refractivity contribution in [3.63, 3.8) is 0 Å². The first-order chi connectivity index (χ1) is 12.0. The van der Waals surface area contributed by atoms with Crippen molar-refractivity contribution in [2.75, 3.05) is 11.5 Å². The minimum Gasteiger partial charge on any atom is -0.384 e. The van der Waals surface area contributed by atoms with E-state index >= 15 is 0 Å². The number of oxime groups is 1. The van der Waals surface area contributed by atoms with Crippen LogP contribution in [0.25, 0.3) is 0 Å². The highest BCUT2D eigenvalue weighted by atomic mass is 35.5. The quantitative estimate of drug-likeness (QED) is 0.466. The van der Waals surface area contributed by atoms with Crippen molar-refractivity contribution in [1.29, 1.82) is 0 Å². The van der Waals surface area contributed by atoms with Gasteiger partial charge in [0.1, 0.15) is 5.84 Å². The van der Waals surface area contributed by atoms with Crippen LogP contribution < -0.4 is 10.6 Å². The molecule has 2 aromatic rings. The van der Waals surface area contributed by atoms with E-state index < -0.39 is 0 Å². The first-order valence-corrected chi connectivity index (χ1v) is 8.41. The van der Waals surface area contributed by atoms with Crippen LogP contribution in [0.5, 0.6) is 0 Å². The van der Waals surface area contributed by atoms with Crippen LogP contribution in [0.1, 0.15) is 19.4 Å². The number of carbonyl (C=O) groups excluding carboxylic acids is 1. The Morgan fingerprint density at radius 3 is 2.44 bits per heavy atom. The second kappa shape index (κ2) is 9.08. The molecule has 0 unspecified atom stereocenters. The van der Waals surface area contributed by atoms with Crippen LogP contribution in [0, 0.1) is 0 Å². The van der Waals surface area contributed by atoms with Gasteiger partial charge in [0.15, 0.2) is 6.61 Å². The minimum absolute atomic E-state index is 0.00273. The lowest BCUT2D eigenvalue weighted by Gasteiger charge is -2.26. The molecular formula is C19H22ClN3O2. The van der Waals surface area contributed by atoms with Gasteiger partial charge in [0.2, 0.25) is 0 Å². The Morgan fingerprint density at radius 2 is 1.80 bits per heavy atom. The lowest BCUT2D eigenvalue weighted by molar-refractivity contribution is -0.123. The van der Waals surface area contributed by atoms with Crippen molar-refractivity contribution in [3.8, 4) is 0 Å². The number of amides is 1. The van der Waals surface area contributed by atoms with E-state index in [2.05, 4.69) is 5.16 Å². The van der Waals surface area contributed by atoms with Crippen molar-refractivity contribution in [3.05, 3.63) is 65.2 Å². The number of halogens is 1. The molecule has 25 heavy (non-hydrogen) atoms. The molecule has 0 aliphatic rings. The zero-order valence-electron chi connectivity index (χ0n) is 14.4. The predicted molar refractivity (Wildman–Crippen MR) is 102 cm³/mol. The lowest BCUT2D eigenvalue weighted by Crippen LogP contribution is -2.39. The van der Waals surface area contributed by atoms with E-state index in [1.165, 1.54) is 0 Å². The summed E-state index contributed by atoms with van der Waals surface area (Å²) in [4.78, 5) is 19.3. The fourth-order valence-electron chi connectivity index (χ4n) is 2.43. The number of para-hydroxylation sites is 1. The van der Waals surface area contributed by atoms with Crippen molar-refractivity contribution in [2.24, 2.45) is 10.9 Å². The average molecular weight is 360 g/mol. The van der Waals surface area contributed by atoms with Crippen LogP contribution in [0.15, 0.2) is 59.8 Å². The molecule has 0 spiro atoms. The van der Waals surface area contributed by atoms with Gasteiger partial charge < -0.3 is 15.5 Å². The molecule has 0 heterocycles. The van der Waals surface area contributed by atoms with Gasteiger partial charge in [-0.05, 0) is 37.6 Å². The summed E-state index contributed by atoms with van der Waals surface area (Å²) < 4.78 is 0. The molecule has 0 saturated heterocycles. The third-order valence-electron chi connectivity index (χ3n) is 3.52. The molecule has 5 nitrogen and oxygen atoms in total. The van der Waals surface area contributed by atoms with Gasteiger partial charge in [-0.25, -0.2) is 0 Å². The maximum Gasteiger partial charge on any atom is 0.267 e. The van der Waals surface area contributed by atoms with Crippen LogP contribution in [-0.4, -0.2) is 24.4 Å². The zero-order valence-corrected chi connectivity index (χ0v) is 15.1. The highest BCUT2D eigenvalue weighted by Gasteiger charge is 2.19. The standard InChI is InChI=1S/C19H22ClN3O2/c1-14(2)23(16-9-4-3-5-10-16)19(24)13-25-22-18(21)12-15-8-6-7-11-17(15)20/h3-11,14H,12-13H2,1-2H3,(H2,21,22). The first kappa shape index (κ1) is 18.8. The van der Waals surface area contributed by atoms with Crippen molar-refractivity contribution in [2.45, 2.75) is 26.3 Å². The van der Waals surface area contributed by atoms with Crippen LogP contribution in [0.3, 0.4) is 0 Å². The smallest absolute Gasteiger partial charge is 0.267 e. The molecule has 0 aliphatic carbocycles. The highest BCUT2D eigenvalue weighted by Crippen LogP contribution is 2.17. The number of nitrogens with zero attached hydrogens (tertiary/aromatic N) is 2. The molecule has 0 aliphatic heterocycles. The van der Waals surface area contributed by atoms with Crippen molar-refractivity contribution in [1.82, 2.24) is 0 Å². The minimum atomic E-state index is -0.185. The van der Waals surface area contributed by atoms with Gasteiger partial charge in [-0.3, -0.25) is 4.79 Å². The Balaban J connectivity index is 1.95. The van der Waals surface area contributed by atoms with Gasteiger partial charge in [0.25, 0.3) is 5.91 Å². The van der Waals surface area contributed by atoms with E-state index in [-0.39, 0.29) is 24.4 Å². The number of hydrogen-bond acceptors (Lipinski definition) is 3.